The Hall–Kier alpha value is -1.66. The third kappa shape index (κ3) is 3.06. The number of aromatic nitrogens is 4. The number of carbonyl (C=O) groups excluding carboxylic acids is 1. The molecule has 0 aromatic carbocycles. The first kappa shape index (κ1) is 9.43. The fraction of sp³-hybridized carbons (Fsp3) is 0.667. The second kappa shape index (κ2) is 4.39. The molecule has 1 heterocycles. The zero-order valence-corrected chi connectivity index (χ0v) is 7.52. The topological polar surface area (TPSA) is 81.9 Å². The smallest absolute Gasteiger partial charge is 0.407 e. The molecule has 1 rings (SSSR count). The Morgan fingerprint density at radius 1 is 1.69 bits per heavy atom. The van der Waals surface area contributed by atoms with Gasteiger partial charge in [-0.1, -0.05) is 0 Å². The molecule has 1 amide bonds. The molecule has 0 unspecified atom stereocenters. The zero-order valence-electron chi connectivity index (χ0n) is 7.52. The molecule has 1 N–H and O–H groups in total. The molecular weight excluding hydrogens is 174 g/mol. The van der Waals surface area contributed by atoms with Crippen LogP contribution in [-0.2, 0) is 18.3 Å². The minimum absolute atomic E-state index is 0.229. The van der Waals surface area contributed by atoms with Crippen molar-refractivity contribution in [3.05, 3.63) is 5.82 Å². The van der Waals surface area contributed by atoms with Gasteiger partial charge in [0.25, 0.3) is 0 Å². The van der Waals surface area contributed by atoms with E-state index in [1.165, 1.54) is 4.80 Å². The first-order chi connectivity index (χ1) is 6.22. The Kier molecular flexibility index (Phi) is 3.18. The van der Waals surface area contributed by atoms with Crippen molar-refractivity contribution < 1.29 is 9.53 Å². The summed E-state index contributed by atoms with van der Waals surface area (Å²) in [6, 6.07) is 0. The molecule has 1 aromatic heterocycles. The molecule has 0 fully saturated rings. The number of rotatable bonds is 3. The van der Waals surface area contributed by atoms with Crippen LogP contribution in [0.3, 0.4) is 0 Å². The largest absolute Gasteiger partial charge is 0.450 e. The van der Waals surface area contributed by atoms with Crippen molar-refractivity contribution in [3.8, 4) is 0 Å². The van der Waals surface area contributed by atoms with Crippen molar-refractivity contribution in [2.24, 2.45) is 7.05 Å². The molecule has 7 nitrogen and oxygen atoms in total. The Morgan fingerprint density at radius 3 is 3.00 bits per heavy atom. The van der Waals surface area contributed by atoms with Crippen molar-refractivity contribution in [2.75, 3.05) is 6.61 Å². The maximum absolute atomic E-state index is 10.8. The van der Waals surface area contributed by atoms with Gasteiger partial charge in [-0.3, -0.25) is 0 Å². The van der Waals surface area contributed by atoms with Gasteiger partial charge < -0.3 is 10.1 Å². The van der Waals surface area contributed by atoms with Crippen LogP contribution in [0.15, 0.2) is 0 Å². The average Bonchev–Trinajstić information content (AvgIpc) is 2.49. The monoisotopic (exact) mass is 185 g/mol. The average molecular weight is 185 g/mol. The van der Waals surface area contributed by atoms with Crippen molar-refractivity contribution in [1.82, 2.24) is 25.5 Å². The summed E-state index contributed by atoms with van der Waals surface area (Å²) < 4.78 is 4.64. The molecule has 0 aliphatic rings. The van der Waals surface area contributed by atoms with Crippen LogP contribution < -0.4 is 5.32 Å². The van der Waals surface area contributed by atoms with E-state index in [0.717, 1.165) is 0 Å². The number of nitrogens with one attached hydrogen (secondary N) is 1. The summed E-state index contributed by atoms with van der Waals surface area (Å²) >= 11 is 0. The summed E-state index contributed by atoms with van der Waals surface area (Å²) in [4.78, 5) is 12.1. The third-order valence-corrected chi connectivity index (χ3v) is 1.22. The molecule has 13 heavy (non-hydrogen) atoms. The molecule has 1 aromatic rings. The highest BCUT2D eigenvalue weighted by molar-refractivity contribution is 5.66. The lowest BCUT2D eigenvalue weighted by atomic mass is 10.6. The second-order valence-electron chi connectivity index (χ2n) is 2.27. The number of ether oxygens (including phenoxy) is 1. The normalized spacial score (nSPS) is 9.69. The van der Waals surface area contributed by atoms with Gasteiger partial charge in [-0.15, -0.1) is 10.2 Å². The first-order valence-corrected chi connectivity index (χ1v) is 3.86. The molecule has 7 heteroatoms. The van der Waals surface area contributed by atoms with Gasteiger partial charge in [0, 0.05) is 0 Å². The van der Waals surface area contributed by atoms with Gasteiger partial charge >= 0.3 is 6.09 Å². The van der Waals surface area contributed by atoms with Crippen LogP contribution in [0.25, 0.3) is 0 Å². The van der Waals surface area contributed by atoms with Crippen LogP contribution in [0, 0.1) is 0 Å². The van der Waals surface area contributed by atoms with Crippen molar-refractivity contribution in [2.45, 2.75) is 13.5 Å². The molecule has 0 atom stereocenters. The molecule has 0 saturated carbocycles. The predicted molar refractivity (Wildman–Crippen MR) is 42.7 cm³/mol. The van der Waals surface area contributed by atoms with E-state index in [9.17, 15) is 4.79 Å². The van der Waals surface area contributed by atoms with Gasteiger partial charge in [0.2, 0.25) is 0 Å². The number of hydrogen-bond acceptors (Lipinski definition) is 5. The lowest BCUT2D eigenvalue weighted by molar-refractivity contribution is 0.151. The third-order valence-electron chi connectivity index (χ3n) is 1.22. The van der Waals surface area contributed by atoms with Crippen molar-refractivity contribution in [1.29, 1.82) is 0 Å². The van der Waals surface area contributed by atoms with E-state index in [4.69, 9.17) is 0 Å². The summed E-state index contributed by atoms with van der Waals surface area (Å²) in [6.07, 6.45) is -0.477. The fourth-order valence-corrected chi connectivity index (χ4v) is 0.727. The quantitative estimate of drug-likeness (QED) is 0.683. The van der Waals surface area contributed by atoms with E-state index < -0.39 is 6.09 Å². The SMILES string of the molecule is CCOC(=O)NCc1nnn(C)n1. The van der Waals surface area contributed by atoms with Gasteiger partial charge in [-0.05, 0) is 12.1 Å². The Labute approximate surface area is 75.1 Å². The van der Waals surface area contributed by atoms with Gasteiger partial charge in [-0.2, -0.15) is 4.80 Å². The molecule has 0 spiro atoms. The van der Waals surface area contributed by atoms with Gasteiger partial charge in [-0.25, -0.2) is 4.79 Å². The highest BCUT2D eigenvalue weighted by Crippen LogP contribution is 1.84. The molecule has 0 aliphatic heterocycles. The number of tetrazole rings is 1. The molecule has 0 bridgehead atoms. The fourth-order valence-electron chi connectivity index (χ4n) is 0.727. The molecule has 72 valence electrons. The number of hydrogen-bond donors (Lipinski definition) is 1. The summed E-state index contributed by atoms with van der Waals surface area (Å²) in [7, 11) is 1.65. The number of carbonyl (C=O) groups is 1. The highest BCUT2D eigenvalue weighted by Gasteiger charge is 2.03. The minimum Gasteiger partial charge on any atom is -0.450 e. The molecule has 0 aliphatic carbocycles. The second-order valence-corrected chi connectivity index (χ2v) is 2.27. The Balaban J connectivity index is 2.30. The van der Waals surface area contributed by atoms with Crippen LogP contribution in [-0.4, -0.2) is 32.9 Å². The number of aryl methyl sites for hydroxylation is 1. The lowest BCUT2D eigenvalue weighted by Gasteiger charge is -2.00. The number of nitrogens with zero attached hydrogens (tertiary/aromatic N) is 4. The van der Waals surface area contributed by atoms with E-state index in [-0.39, 0.29) is 6.54 Å². The first-order valence-electron chi connectivity index (χ1n) is 3.86. The maximum Gasteiger partial charge on any atom is 0.407 e. The van der Waals surface area contributed by atoms with Crippen LogP contribution in [0.2, 0.25) is 0 Å². The Morgan fingerprint density at radius 2 is 2.46 bits per heavy atom. The van der Waals surface area contributed by atoms with Gasteiger partial charge in [0.05, 0.1) is 20.2 Å². The van der Waals surface area contributed by atoms with Crippen LogP contribution in [0.4, 0.5) is 4.79 Å². The predicted octanol–water partition coefficient (Wildman–Crippen LogP) is -0.544. The number of amides is 1. The van der Waals surface area contributed by atoms with E-state index in [1.54, 1.807) is 14.0 Å². The van der Waals surface area contributed by atoms with E-state index in [1.807, 2.05) is 0 Å². The number of alkyl carbamates (subject to hydrolysis) is 1. The standard InChI is InChI=1S/C6H11N5O2/c1-3-13-6(12)7-4-5-8-10-11(2)9-5/h3-4H2,1-2H3,(H,7,12). The van der Waals surface area contributed by atoms with E-state index in [0.29, 0.717) is 12.4 Å². The van der Waals surface area contributed by atoms with E-state index >= 15 is 0 Å². The lowest BCUT2D eigenvalue weighted by Crippen LogP contribution is -2.24. The Bertz CT molecular complexity index is 284. The van der Waals surface area contributed by atoms with Crippen LogP contribution in [0.5, 0.6) is 0 Å². The molecule has 0 saturated heterocycles. The maximum atomic E-state index is 10.8. The summed E-state index contributed by atoms with van der Waals surface area (Å²) in [5, 5.41) is 13.6. The van der Waals surface area contributed by atoms with Crippen molar-refractivity contribution in [3.63, 3.8) is 0 Å². The minimum atomic E-state index is -0.477. The van der Waals surface area contributed by atoms with Gasteiger partial charge in [0.15, 0.2) is 5.82 Å². The summed E-state index contributed by atoms with van der Waals surface area (Å²) in [5.41, 5.74) is 0. The molecular formula is C6H11N5O2. The van der Waals surface area contributed by atoms with Crippen molar-refractivity contribution >= 4 is 6.09 Å². The molecule has 0 radical (unpaired) electrons. The van der Waals surface area contributed by atoms with E-state index in [2.05, 4.69) is 25.5 Å². The van der Waals surface area contributed by atoms with Crippen LogP contribution >= 0.6 is 0 Å². The summed E-state index contributed by atoms with van der Waals surface area (Å²) in [6.45, 7) is 2.31. The summed E-state index contributed by atoms with van der Waals surface area (Å²) in [5.74, 6) is 0.454. The highest BCUT2D eigenvalue weighted by atomic mass is 16.5. The zero-order chi connectivity index (χ0) is 9.68. The van der Waals surface area contributed by atoms with Gasteiger partial charge in [0.1, 0.15) is 0 Å². The van der Waals surface area contributed by atoms with Crippen LogP contribution in [0.1, 0.15) is 12.7 Å².